The average Bonchev–Trinajstić information content (AvgIpc) is 1.76. The highest BCUT2D eigenvalue weighted by molar-refractivity contribution is 5.94. The van der Waals surface area contributed by atoms with Crippen molar-refractivity contribution >= 4 is 59.2 Å². The Bertz CT molecular complexity index is 4060. The summed E-state index contributed by atoms with van der Waals surface area (Å²) in [5.41, 5.74) is 2.55. The third-order valence-electron chi connectivity index (χ3n) is 15.4. The van der Waals surface area contributed by atoms with Gasteiger partial charge in [0.15, 0.2) is 17.3 Å². The van der Waals surface area contributed by atoms with Crippen molar-refractivity contribution in [2.24, 2.45) is 48.7 Å². The van der Waals surface area contributed by atoms with Crippen LogP contribution in [0, 0.1) is 78.5 Å². The number of carbonyl (C=O) groups is 9. The van der Waals surface area contributed by atoms with E-state index in [0.717, 1.165) is 29.6 Å². The summed E-state index contributed by atoms with van der Waals surface area (Å²) < 4.78 is 53.4. The standard InChI is InChI=1S/C10H16N2.2C10H18O3.C10H16O2.C10H18O.C10H16O.2C9H16O3.C8H11FN2.C8H13NO.C8H14O2.C8H14O/c1-5-9-11-6-7-12(9)8-10(2,3)4;1-6-13-9(12)7(2)8(11)10(3,4)5;1-5-12-9(11)7-6-8-13-10(2,3)4;1-6-8(10(3,4)5)12-9(11)7-2;1-8(2)6-9(11)7-10(3,4)5;1-6-8(2)9(11)7-10(3,4)5;1-7(10)12-6-8(11)5-9(2,3)4;1-5-11-9(10)8(4)6-12-7(2)3;1-8(2,3)6-4-10-7(9)11-5-6;1-6(5-9)7(10)8(2,3)4;1-5-7(9)10-6-8(2,3)4;1-5-6-7(9)8(2,3)4/h5-7H,1,8H2,2-4H3;8,11H,2,6H2,1,3-5H3;6-7H,5,8H2,1-4H3;6-8H,1-2H2,3-5H3;6H,7H2,1-5H3;1,9,11H,2,7H2,3-5H3;5-6H2,1-4H3;7H,4-6H2,1-3H3;4-5H,1-3H3;7,10H,1H2,2-4H3;5H,1,6H2,2-4H3;5-6H,1-4H3/b;;7-6+;;;;;;;;;6-5+. The molecule has 25 nitrogen and oxygen atoms in total. The number of nitriles is 1. The third-order valence-corrected chi connectivity index (χ3v) is 15.4. The molecule has 2 aromatic rings. The molecule has 4 atom stereocenters. The molecule has 0 aliphatic rings. The summed E-state index contributed by atoms with van der Waals surface area (Å²) in [5.74, 6) is 1.30. The molecule has 26 heteroatoms. The van der Waals surface area contributed by atoms with Crippen LogP contribution in [0.4, 0.5) is 4.39 Å². The summed E-state index contributed by atoms with van der Waals surface area (Å²) in [6, 6.07) is 1.83. The average molecular weight is 1920 g/mol. The van der Waals surface area contributed by atoms with Crippen LogP contribution in [0.15, 0.2) is 154 Å². The Morgan fingerprint density at radius 2 is 1.03 bits per heavy atom. The smallest absolute Gasteiger partial charge is 0.336 e. The van der Waals surface area contributed by atoms with Crippen LogP contribution in [0.3, 0.4) is 0 Å². The van der Waals surface area contributed by atoms with Crippen molar-refractivity contribution in [2.75, 3.05) is 46.2 Å². The number of allylic oxidation sites excluding steroid dienone is 4. The topological polar surface area (TPSA) is 356 Å². The van der Waals surface area contributed by atoms with Crippen LogP contribution >= 0.6 is 0 Å². The fourth-order valence-corrected chi connectivity index (χ4v) is 8.51. The highest BCUT2D eigenvalue weighted by atomic mass is 19.1. The van der Waals surface area contributed by atoms with Gasteiger partial charge in [-0.15, -0.1) is 6.42 Å². The van der Waals surface area contributed by atoms with Crippen molar-refractivity contribution in [3.8, 4) is 18.4 Å². The molecule has 3 N–H and O–H groups in total. The van der Waals surface area contributed by atoms with Crippen LogP contribution in [0.2, 0.25) is 0 Å². The highest BCUT2D eigenvalue weighted by Crippen LogP contribution is 2.28. The number of Topliss-reactive ketones (excluding diaryl/α,β-unsaturated/α-hetero) is 1. The normalized spacial score (nSPS) is 12.1. The van der Waals surface area contributed by atoms with Crippen LogP contribution in [0.5, 0.6) is 0 Å². The number of ether oxygens (including phenoxy) is 8. The lowest BCUT2D eigenvalue weighted by molar-refractivity contribution is -0.146. The van der Waals surface area contributed by atoms with Crippen LogP contribution in [0.1, 0.15) is 321 Å². The van der Waals surface area contributed by atoms with Crippen molar-refractivity contribution < 1.29 is 101 Å². The van der Waals surface area contributed by atoms with E-state index in [-0.39, 0.29) is 126 Å². The number of nitrogens with zero attached hydrogens (tertiary/aromatic N) is 5. The molecule has 2 heterocycles. The van der Waals surface area contributed by atoms with E-state index in [4.69, 9.17) is 44.8 Å². The van der Waals surface area contributed by atoms with Gasteiger partial charge in [-0.1, -0.05) is 290 Å². The summed E-state index contributed by atoms with van der Waals surface area (Å²) in [4.78, 5) is 109. The van der Waals surface area contributed by atoms with Gasteiger partial charge < -0.3 is 57.8 Å². The number of aromatic nitrogens is 4. The Labute approximate surface area is 823 Å². The molecule has 0 aliphatic heterocycles. The summed E-state index contributed by atoms with van der Waals surface area (Å²) in [6.07, 6.45) is 24.6. The third kappa shape index (κ3) is 101. The quantitative estimate of drug-likeness (QED) is 0.0135. The zero-order chi connectivity index (χ0) is 110. The number of aliphatic hydroxyl groups excluding tert-OH is 3. The van der Waals surface area contributed by atoms with Gasteiger partial charge >= 0.3 is 41.9 Å². The predicted octanol–water partition coefficient (Wildman–Crippen LogP) is 23.7. The van der Waals surface area contributed by atoms with Crippen molar-refractivity contribution in [3.63, 3.8) is 0 Å². The zero-order valence-corrected chi connectivity index (χ0v) is 92.3. The Kier molecular flexibility index (Phi) is 78.8. The summed E-state index contributed by atoms with van der Waals surface area (Å²) in [6.45, 7) is 113. The minimum atomic E-state index is -0.855. The first-order valence-electron chi connectivity index (χ1n) is 45.5. The largest absolute Gasteiger partial charge is 0.463 e. The number of hydrogen-bond acceptors (Lipinski definition) is 24. The first-order valence-corrected chi connectivity index (χ1v) is 45.5. The monoisotopic (exact) mass is 1920 g/mol. The molecule has 778 valence electrons. The molecule has 4 unspecified atom stereocenters. The number of imidazole rings is 1. The van der Waals surface area contributed by atoms with E-state index in [1.807, 2.05) is 219 Å². The second-order valence-electron chi connectivity index (χ2n) is 43.9. The molecule has 0 saturated heterocycles. The van der Waals surface area contributed by atoms with Crippen LogP contribution in [0.25, 0.3) is 6.08 Å². The molecular formula is C110H186FN5O20. The summed E-state index contributed by atoms with van der Waals surface area (Å²) in [5, 5.41) is 36.8. The maximum atomic E-state index is 12.3. The van der Waals surface area contributed by atoms with Gasteiger partial charge in [0.2, 0.25) is 0 Å². The van der Waals surface area contributed by atoms with Crippen LogP contribution in [-0.4, -0.2) is 170 Å². The van der Waals surface area contributed by atoms with E-state index < -0.39 is 42.3 Å². The first-order chi connectivity index (χ1) is 61.1. The van der Waals surface area contributed by atoms with E-state index >= 15 is 0 Å². The Balaban J connectivity index is -0.000000159. The number of aliphatic hydroxyl groups is 3. The molecular weight excluding hydrogens is 1730 g/mol. The minimum Gasteiger partial charge on any atom is -0.463 e. The van der Waals surface area contributed by atoms with Gasteiger partial charge in [-0.2, -0.15) is 9.65 Å². The second-order valence-corrected chi connectivity index (χ2v) is 43.9. The van der Waals surface area contributed by atoms with Gasteiger partial charge in [0, 0.05) is 85.7 Å². The van der Waals surface area contributed by atoms with Gasteiger partial charge in [0.1, 0.15) is 18.5 Å². The van der Waals surface area contributed by atoms with Crippen molar-refractivity contribution in [1.82, 2.24) is 19.5 Å². The molecule has 0 bridgehead atoms. The molecule has 0 fully saturated rings. The maximum Gasteiger partial charge on any atom is 0.336 e. The van der Waals surface area contributed by atoms with Crippen LogP contribution in [-0.2, 0) is 93.0 Å². The fourth-order valence-electron chi connectivity index (χ4n) is 8.51. The number of carbonyl (C=O) groups excluding carboxylic acids is 9. The first kappa shape index (κ1) is 146. The molecule has 0 saturated carbocycles. The molecule has 2 aromatic heterocycles. The Morgan fingerprint density at radius 3 is 1.35 bits per heavy atom. The van der Waals surface area contributed by atoms with Gasteiger partial charge in [-0.3, -0.25) is 19.2 Å². The lowest BCUT2D eigenvalue weighted by atomic mass is 9.85. The van der Waals surface area contributed by atoms with E-state index in [9.17, 15) is 62.9 Å². The lowest BCUT2D eigenvalue weighted by Crippen LogP contribution is -2.31. The lowest BCUT2D eigenvalue weighted by Gasteiger charge is -2.26. The van der Waals surface area contributed by atoms with Crippen molar-refractivity contribution in [3.05, 3.63) is 171 Å². The number of terminal acetylenes is 1. The predicted molar refractivity (Wildman–Crippen MR) is 554 cm³/mol. The van der Waals surface area contributed by atoms with Gasteiger partial charge in [0.05, 0.1) is 92.4 Å². The molecule has 0 amide bonds. The van der Waals surface area contributed by atoms with Crippen LogP contribution < -0.4 is 0 Å². The summed E-state index contributed by atoms with van der Waals surface area (Å²) >= 11 is 0. The number of halogens is 1. The molecule has 0 aliphatic carbocycles. The van der Waals surface area contributed by atoms with Crippen molar-refractivity contribution in [2.45, 2.75) is 358 Å². The minimum absolute atomic E-state index is 0.00625. The molecule has 136 heavy (non-hydrogen) atoms. The molecule has 2 rings (SSSR count). The molecule has 0 radical (unpaired) electrons. The molecule has 0 aromatic carbocycles. The van der Waals surface area contributed by atoms with Crippen molar-refractivity contribution in [1.29, 1.82) is 5.26 Å². The number of hydrogen-bond donors (Lipinski definition) is 3. The van der Waals surface area contributed by atoms with E-state index in [0.29, 0.717) is 68.9 Å². The van der Waals surface area contributed by atoms with E-state index in [2.05, 4.69) is 145 Å². The SMILES string of the molecule is C#CC(=C)C(O)CC(C)(C)C.C/C=C/C(=O)C(C)(C)C.C=C(C#N)C(O)C(C)(C)C.C=C(C(=O)OCC)C(O)C(C)(C)C.C=C(COC(C)C)C(=O)OCC.C=CC(=O)OC(C=C)C(C)(C)C.C=CC(=O)OCC(C)(C)C.C=Cc1nccn1CC(C)(C)C.CC(=O)OCC(=O)CC(C)(C)C.CC(C)(C)c1cnc(F)nc1.CC(C)=CC(=O)CC(C)(C)C.CCOC(=O)/C=C/COC(C)(C)C. The Hall–Kier alpha value is -9.96. The van der Waals surface area contributed by atoms with Gasteiger partial charge in [-0.25, -0.2) is 38.9 Å². The van der Waals surface area contributed by atoms with E-state index in [1.165, 1.54) is 31.5 Å². The zero-order valence-electron chi connectivity index (χ0n) is 92.3. The Morgan fingerprint density at radius 1 is 0.566 bits per heavy atom. The van der Waals surface area contributed by atoms with Gasteiger partial charge in [0.25, 0.3) is 0 Å². The number of esters is 6. The molecule has 0 spiro atoms. The second kappa shape index (κ2) is 73.3. The number of ketones is 3. The highest BCUT2D eigenvalue weighted by Gasteiger charge is 2.30. The van der Waals surface area contributed by atoms with E-state index in [1.54, 1.807) is 57.2 Å². The number of rotatable bonds is 28. The van der Waals surface area contributed by atoms with Gasteiger partial charge in [-0.05, 0) is 150 Å². The summed E-state index contributed by atoms with van der Waals surface area (Å²) in [7, 11) is 0. The maximum absolute atomic E-state index is 12.3. The fraction of sp³-hybridized carbons (Fsp3) is 0.627.